The van der Waals surface area contributed by atoms with Gasteiger partial charge in [-0.3, -0.25) is 0 Å². The van der Waals surface area contributed by atoms with Crippen LogP contribution in [0.25, 0.3) is 0 Å². The number of hydrogen-bond acceptors (Lipinski definition) is 4. The Morgan fingerprint density at radius 3 is 2.80 bits per heavy atom. The highest BCUT2D eigenvalue weighted by Gasteiger charge is 1.62. The molecule has 1 rings (SSSR count). The van der Waals surface area contributed by atoms with Gasteiger partial charge < -0.3 is 0 Å². The van der Waals surface area contributed by atoms with Crippen LogP contribution in [-0.4, -0.2) is 14.8 Å². The Balaban J connectivity index is 3.13. The van der Waals surface area contributed by atoms with E-state index in [1.807, 2.05) is 0 Å². The maximum Gasteiger partial charge on any atom is 0.125 e. The normalized spacial score (nSPS) is 8.00. The van der Waals surface area contributed by atoms with E-state index in [4.69, 9.17) is 0 Å². The Morgan fingerprint density at radius 1 is 1.60 bits per heavy atom. The van der Waals surface area contributed by atoms with Crippen molar-refractivity contribution in [1.29, 1.82) is 0 Å². The zero-order valence-electron chi connectivity index (χ0n) is 2.33. The van der Waals surface area contributed by atoms with Gasteiger partial charge in [0.15, 0.2) is 0 Å². The molecule has 0 radical (unpaired) electrons. The number of nitrogens with zero attached hydrogens (tertiary/aromatic N) is 3. The molecular weight excluding hydrogens is 86.1 g/mol. The smallest absolute Gasteiger partial charge is 0.125 e. The number of hydrogen-bond donors (Lipinski definition) is 0. The lowest BCUT2D eigenvalue weighted by Gasteiger charge is -1.38. The Morgan fingerprint density at radius 2 is 2.60 bits per heavy atom. The average molecular weight is 87.1 g/mol. The molecule has 0 aliphatic carbocycles. The molecule has 26 valence electrons. The summed E-state index contributed by atoms with van der Waals surface area (Å²) in [5, 5.41) is 6.62. The van der Waals surface area contributed by atoms with Crippen LogP contribution in [0.2, 0.25) is 0 Å². The van der Waals surface area contributed by atoms with Crippen molar-refractivity contribution in [3.63, 3.8) is 0 Å². The van der Waals surface area contributed by atoms with Gasteiger partial charge in [0.2, 0.25) is 0 Å². The lowest BCUT2D eigenvalue weighted by Crippen LogP contribution is -1.61. The molecule has 0 aliphatic heterocycles. The minimum absolute atomic E-state index is 1.24. The standard InChI is InChI=1S/CHN3S/c1-2-3-4-5-1/h1H. The Bertz CT molecular complexity index is 63.4. The predicted octanol–water partition coefficient (Wildman–Crippen LogP) is -0.0669. The van der Waals surface area contributed by atoms with Crippen LogP contribution >= 0.6 is 11.5 Å². The molecular formula is CHN3S. The highest BCUT2D eigenvalue weighted by atomic mass is 32.1. The van der Waals surface area contributed by atoms with Crippen molar-refractivity contribution in [3.8, 4) is 0 Å². The monoisotopic (exact) mass is 87.0 g/mol. The summed E-state index contributed by atoms with van der Waals surface area (Å²) in [5.41, 5.74) is 1.57. The second kappa shape index (κ2) is 1.07. The lowest BCUT2D eigenvalue weighted by molar-refractivity contribution is 0.958. The van der Waals surface area contributed by atoms with E-state index in [-0.39, 0.29) is 0 Å². The van der Waals surface area contributed by atoms with Crippen molar-refractivity contribution >= 4 is 11.5 Å². The summed E-state index contributed by atoms with van der Waals surface area (Å²) in [7, 11) is 0. The van der Waals surface area contributed by atoms with E-state index in [0.717, 1.165) is 0 Å². The van der Waals surface area contributed by atoms with Crippen LogP contribution in [0.4, 0.5) is 0 Å². The van der Waals surface area contributed by atoms with Gasteiger partial charge in [0, 0.05) is 11.5 Å². The van der Waals surface area contributed by atoms with Gasteiger partial charge in [-0.25, -0.2) is 0 Å². The third kappa shape index (κ3) is 0.384. The second-order valence-corrected chi connectivity index (χ2v) is 1.08. The van der Waals surface area contributed by atoms with Gasteiger partial charge in [-0.1, -0.05) is 4.49 Å². The molecule has 0 aliphatic rings. The predicted molar refractivity (Wildman–Crippen MR) is 17.7 cm³/mol. The van der Waals surface area contributed by atoms with Gasteiger partial charge >= 0.3 is 0 Å². The zero-order valence-corrected chi connectivity index (χ0v) is 3.14. The molecule has 3 nitrogen and oxygen atoms in total. The van der Waals surface area contributed by atoms with Gasteiger partial charge in [-0.05, 0) is 5.21 Å². The topological polar surface area (TPSA) is 38.7 Å². The molecule has 0 aromatic carbocycles. The van der Waals surface area contributed by atoms with Crippen LogP contribution in [0.15, 0.2) is 5.51 Å². The first-order chi connectivity index (χ1) is 2.50. The summed E-state index contributed by atoms with van der Waals surface area (Å²) >= 11 is 1.24. The molecule has 0 unspecified atom stereocenters. The first-order valence-electron chi connectivity index (χ1n) is 1.08. The van der Waals surface area contributed by atoms with E-state index in [0.29, 0.717) is 0 Å². The van der Waals surface area contributed by atoms with E-state index in [1.165, 1.54) is 11.5 Å². The Hall–Kier alpha value is -0.510. The van der Waals surface area contributed by atoms with Gasteiger partial charge in [-0.15, -0.1) is 5.10 Å². The van der Waals surface area contributed by atoms with Gasteiger partial charge in [0.25, 0.3) is 0 Å². The summed E-state index contributed by atoms with van der Waals surface area (Å²) in [6.45, 7) is 0. The Kier molecular flexibility index (Phi) is 0.582. The molecule has 4 heteroatoms. The van der Waals surface area contributed by atoms with E-state index in [1.54, 1.807) is 5.51 Å². The largest absolute Gasteiger partial charge is 0.125 e. The second-order valence-electron chi connectivity index (χ2n) is 0.497. The van der Waals surface area contributed by atoms with Gasteiger partial charge in [-0.2, -0.15) is 0 Å². The molecule has 1 aromatic heterocycles. The highest BCUT2D eigenvalue weighted by Crippen LogP contribution is 1.72. The third-order valence-electron chi connectivity index (χ3n) is 0.230. The van der Waals surface area contributed by atoms with Gasteiger partial charge in [0.1, 0.15) is 5.51 Å². The molecule has 1 heterocycles. The van der Waals surface area contributed by atoms with Crippen LogP contribution in [0.3, 0.4) is 0 Å². The first kappa shape index (κ1) is 2.71. The van der Waals surface area contributed by atoms with Crippen LogP contribution < -0.4 is 0 Å². The molecule has 0 N–H and O–H groups in total. The fraction of sp³-hybridized carbons (Fsp3) is 0. The molecule has 0 amide bonds. The van der Waals surface area contributed by atoms with Crippen molar-refractivity contribution in [3.05, 3.63) is 5.51 Å². The van der Waals surface area contributed by atoms with Crippen molar-refractivity contribution < 1.29 is 0 Å². The molecule has 0 saturated carbocycles. The molecule has 0 spiro atoms. The fourth-order valence-corrected chi connectivity index (χ4v) is 0.316. The van der Waals surface area contributed by atoms with E-state index >= 15 is 0 Å². The summed E-state index contributed by atoms with van der Waals surface area (Å²) in [6.07, 6.45) is 0. The maximum absolute atomic E-state index is 3.40. The van der Waals surface area contributed by atoms with E-state index in [9.17, 15) is 0 Å². The summed E-state index contributed by atoms with van der Waals surface area (Å²) in [5.74, 6) is 0. The van der Waals surface area contributed by atoms with E-state index in [2.05, 4.69) is 14.8 Å². The SMILES string of the molecule is c1nnns1. The average Bonchev–Trinajstić information content (AvgIpc) is 1.76. The molecule has 1 aromatic rings. The Labute approximate surface area is 32.8 Å². The molecule has 0 fully saturated rings. The van der Waals surface area contributed by atoms with Crippen molar-refractivity contribution in [2.75, 3.05) is 0 Å². The quantitative estimate of drug-likeness (QED) is 0.444. The highest BCUT2D eigenvalue weighted by molar-refractivity contribution is 7.02. The molecule has 5 heavy (non-hydrogen) atoms. The minimum atomic E-state index is 1.24. The van der Waals surface area contributed by atoms with Crippen LogP contribution in [-0.2, 0) is 0 Å². The molecule has 0 bridgehead atoms. The molecule has 0 saturated heterocycles. The van der Waals surface area contributed by atoms with Crippen LogP contribution in [0.1, 0.15) is 0 Å². The first-order valence-corrected chi connectivity index (χ1v) is 1.91. The lowest BCUT2D eigenvalue weighted by atomic mass is 11.7. The molecule has 0 atom stereocenters. The van der Waals surface area contributed by atoms with Crippen molar-refractivity contribution in [2.45, 2.75) is 0 Å². The summed E-state index contributed by atoms with van der Waals surface area (Å²) in [6, 6.07) is 0. The number of rotatable bonds is 0. The van der Waals surface area contributed by atoms with Crippen LogP contribution in [0, 0.1) is 0 Å². The minimum Gasteiger partial charge on any atom is -0.125 e. The maximum atomic E-state index is 3.40. The summed E-state index contributed by atoms with van der Waals surface area (Å²) < 4.78 is 3.40. The van der Waals surface area contributed by atoms with Crippen molar-refractivity contribution in [2.24, 2.45) is 0 Å². The number of aromatic nitrogens is 3. The third-order valence-corrected chi connectivity index (χ3v) is 0.585. The van der Waals surface area contributed by atoms with E-state index < -0.39 is 0 Å². The summed E-state index contributed by atoms with van der Waals surface area (Å²) in [4.78, 5) is 0. The van der Waals surface area contributed by atoms with Crippen LogP contribution in [0.5, 0.6) is 0 Å². The zero-order chi connectivity index (χ0) is 3.54. The fourth-order valence-electron chi connectivity index (χ4n) is 0.105. The van der Waals surface area contributed by atoms with Gasteiger partial charge in [0.05, 0.1) is 0 Å². The van der Waals surface area contributed by atoms with Crippen molar-refractivity contribution in [1.82, 2.24) is 14.8 Å².